The van der Waals surface area contributed by atoms with Gasteiger partial charge in [0.15, 0.2) is 0 Å². The molecule has 5 rings (SSSR count). The van der Waals surface area contributed by atoms with E-state index < -0.39 is 0 Å². The molecule has 2 amide bonds. The molecule has 0 unspecified atom stereocenters. The Labute approximate surface area is 208 Å². The minimum atomic E-state index is -0.212. The lowest BCUT2D eigenvalue weighted by molar-refractivity contribution is 0.0693. The molecule has 5 nitrogen and oxygen atoms in total. The SMILES string of the molecule is CC.CC.CC.CN1C(=O)c2ccccc2C1=O.CN1CCCC1.CN1Cc2ccccc2C1. The van der Waals surface area contributed by atoms with Crippen molar-refractivity contribution in [1.29, 1.82) is 0 Å². The van der Waals surface area contributed by atoms with Crippen LogP contribution in [0.25, 0.3) is 0 Å². The summed E-state index contributed by atoms with van der Waals surface area (Å²) in [5.74, 6) is -0.425. The van der Waals surface area contributed by atoms with Crippen molar-refractivity contribution in [3.63, 3.8) is 0 Å². The van der Waals surface area contributed by atoms with Crippen molar-refractivity contribution in [1.82, 2.24) is 14.7 Å². The summed E-state index contributed by atoms with van der Waals surface area (Å²) in [6.45, 7) is 16.9. The fraction of sp³-hybridized carbons (Fsp3) is 0.517. The predicted octanol–water partition coefficient (Wildman–Crippen LogP) is 6.34. The van der Waals surface area contributed by atoms with Gasteiger partial charge in [0, 0.05) is 20.1 Å². The minimum absolute atomic E-state index is 0.212. The van der Waals surface area contributed by atoms with Gasteiger partial charge in [-0.25, -0.2) is 0 Å². The van der Waals surface area contributed by atoms with E-state index in [0.29, 0.717) is 11.1 Å². The van der Waals surface area contributed by atoms with Gasteiger partial charge in [-0.05, 0) is 63.3 Å². The molecule has 0 spiro atoms. The summed E-state index contributed by atoms with van der Waals surface area (Å²) >= 11 is 0. The fourth-order valence-electron chi connectivity index (χ4n) is 3.69. The van der Waals surface area contributed by atoms with Gasteiger partial charge in [-0.2, -0.15) is 0 Å². The molecule has 190 valence electrons. The van der Waals surface area contributed by atoms with Gasteiger partial charge in [0.25, 0.3) is 11.8 Å². The van der Waals surface area contributed by atoms with E-state index in [9.17, 15) is 9.59 Å². The Balaban J connectivity index is 0.000000448. The van der Waals surface area contributed by atoms with E-state index >= 15 is 0 Å². The van der Waals surface area contributed by atoms with Crippen LogP contribution in [0.5, 0.6) is 0 Å². The Morgan fingerprint density at radius 2 is 0.912 bits per heavy atom. The number of rotatable bonds is 0. The van der Waals surface area contributed by atoms with Crippen molar-refractivity contribution in [2.75, 3.05) is 34.2 Å². The highest BCUT2D eigenvalue weighted by molar-refractivity contribution is 6.21. The summed E-state index contributed by atoms with van der Waals surface area (Å²) < 4.78 is 0. The molecule has 3 aliphatic heterocycles. The van der Waals surface area contributed by atoms with Crippen molar-refractivity contribution in [2.24, 2.45) is 0 Å². The van der Waals surface area contributed by atoms with E-state index in [1.54, 1.807) is 24.3 Å². The Morgan fingerprint density at radius 1 is 0.559 bits per heavy atom. The summed E-state index contributed by atoms with van der Waals surface area (Å²) in [6.07, 6.45) is 2.83. The minimum Gasteiger partial charge on any atom is -0.306 e. The van der Waals surface area contributed by atoms with E-state index in [-0.39, 0.29) is 11.8 Å². The zero-order valence-corrected chi connectivity index (χ0v) is 23.0. The van der Waals surface area contributed by atoms with Gasteiger partial charge in [0.2, 0.25) is 0 Å². The van der Waals surface area contributed by atoms with Crippen molar-refractivity contribution in [3.8, 4) is 0 Å². The van der Waals surface area contributed by atoms with Crippen molar-refractivity contribution in [2.45, 2.75) is 67.5 Å². The fourth-order valence-corrected chi connectivity index (χ4v) is 3.69. The Kier molecular flexibility index (Phi) is 16.6. The highest BCUT2D eigenvalue weighted by Crippen LogP contribution is 2.20. The molecule has 0 radical (unpaired) electrons. The first-order valence-electron chi connectivity index (χ1n) is 12.8. The van der Waals surface area contributed by atoms with Crippen LogP contribution in [0.4, 0.5) is 0 Å². The smallest absolute Gasteiger partial charge is 0.261 e. The Morgan fingerprint density at radius 3 is 1.24 bits per heavy atom. The van der Waals surface area contributed by atoms with Crippen LogP contribution in [0.1, 0.15) is 86.2 Å². The molecule has 34 heavy (non-hydrogen) atoms. The lowest BCUT2D eigenvalue weighted by Gasteiger charge is -2.02. The second kappa shape index (κ2) is 17.9. The van der Waals surface area contributed by atoms with Crippen LogP contribution < -0.4 is 0 Å². The third-order valence-corrected chi connectivity index (χ3v) is 5.33. The molecule has 3 heterocycles. The first kappa shape index (κ1) is 31.5. The molecule has 3 aliphatic rings. The Hall–Kier alpha value is -2.50. The van der Waals surface area contributed by atoms with E-state index in [1.165, 1.54) is 44.1 Å². The number of imide groups is 1. The van der Waals surface area contributed by atoms with Gasteiger partial charge < -0.3 is 4.90 Å². The van der Waals surface area contributed by atoms with E-state index in [0.717, 1.165) is 18.0 Å². The monoisotopic (exact) mass is 469 g/mol. The van der Waals surface area contributed by atoms with Crippen molar-refractivity contribution < 1.29 is 9.59 Å². The molecular weight excluding hydrogens is 422 g/mol. The van der Waals surface area contributed by atoms with Crippen LogP contribution >= 0.6 is 0 Å². The number of carbonyl (C=O) groups excluding carboxylic acids is 2. The number of likely N-dealkylation sites (tertiary alicyclic amines) is 1. The largest absolute Gasteiger partial charge is 0.306 e. The molecule has 2 aromatic rings. The predicted molar refractivity (Wildman–Crippen MR) is 145 cm³/mol. The zero-order chi connectivity index (χ0) is 26.1. The lowest BCUT2D eigenvalue weighted by Crippen LogP contribution is -2.24. The number of hydrogen-bond acceptors (Lipinski definition) is 4. The maximum Gasteiger partial charge on any atom is 0.261 e. The maximum absolute atomic E-state index is 11.3. The van der Waals surface area contributed by atoms with Crippen LogP contribution in [-0.2, 0) is 13.1 Å². The molecule has 2 aromatic carbocycles. The number of carbonyl (C=O) groups is 2. The van der Waals surface area contributed by atoms with Crippen molar-refractivity contribution in [3.05, 3.63) is 70.8 Å². The van der Waals surface area contributed by atoms with Gasteiger partial charge in [0.1, 0.15) is 0 Å². The van der Waals surface area contributed by atoms with E-state index in [4.69, 9.17) is 0 Å². The topological polar surface area (TPSA) is 43.9 Å². The number of nitrogens with zero attached hydrogens (tertiary/aromatic N) is 3. The van der Waals surface area contributed by atoms with E-state index in [1.807, 2.05) is 41.5 Å². The molecule has 0 aromatic heterocycles. The van der Waals surface area contributed by atoms with Crippen LogP contribution in [-0.4, -0.2) is 60.7 Å². The van der Waals surface area contributed by atoms with Crippen LogP contribution in [0.3, 0.4) is 0 Å². The first-order chi connectivity index (χ1) is 16.5. The molecule has 0 N–H and O–H groups in total. The van der Waals surface area contributed by atoms with Gasteiger partial charge in [-0.3, -0.25) is 19.4 Å². The lowest BCUT2D eigenvalue weighted by atomic mass is 10.1. The molecule has 1 saturated heterocycles. The third-order valence-electron chi connectivity index (χ3n) is 5.33. The highest BCUT2D eigenvalue weighted by atomic mass is 16.2. The second-order valence-corrected chi connectivity index (χ2v) is 7.67. The first-order valence-corrected chi connectivity index (χ1v) is 12.8. The average molecular weight is 470 g/mol. The molecule has 0 atom stereocenters. The molecule has 5 heteroatoms. The number of benzene rings is 2. The van der Waals surface area contributed by atoms with Gasteiger partial charge in [-0.1, -0.05) is 77.9 Å². The molecular formula is C29H47N3O2. The standard InChI is InChI=1S/C9H7NO2.C9H11N.C5H11N.3C2H6/c1-10-8(11)6-4-2-3-5-7(6)9(10)12;1-10-6-8-4-2-3-5-9(8)7-10;1-6-4-2-3-5-6;3*1-2/h2-5H,1H3;2-5H,6-7H2,1H3;2-5H2,1H3;3*1-2H3. The Bertz CT molecular complexity index is 785. The third kappa shape index (κ3) is 9.40. The summed E-state index contributed by atoms with van der Waals surface area (Å²) in [5, 5.41) is 0. The van der Waals surface area contributed by atoms with Gasteiger partial charge >= 0.3 is 0 Å². The van der Waals surface area contributed by atoms with Crippen LogP contribution in [0, 0.1) is 0 Å². The molecule has 0 bridgehead atoms. The average Bonchev–Trinajstić information content (AvgIpc) is 3.59. The van der Waals surface area contributed by atoms with E-state index in [2.05, 4.69) is 48.2 Å². The number of fused-ring (bicyclic) bond motifs is 2. The molecule has 1 fully saturated rings. The summed E-state index contributed by atoms with van der Waals surface area (Å²) in [5.41, 5.74) is 3.99. The van der Waals surface area contributed by atoms with Gasteiger partial charge in [-0.15, -0.1) is 0 Å². The summed E-state index contributed by atoms with van der Waals surface area (Å²) in [4.78, 5) is 28.4. The normalized spacial score (nSPS) is 15.5. The van der Waals surface area contributed by atoms with Gasteiger partial charge in [0.05, 0.1) is 11.1 Å². The highest BCUT2D eigenvalue weighted by Gasteiger charge is 2.31. The molecule has 0 saturated carbocycles. The van der Waals surface area contributed by atoms with Crippen LogP contribution in [0.2, 0.25) is 0 Å². The van der Waals surface area contributed by atoms with Crippen molar-refractivity contribution >= 4 is 11.8 Å². The number of hydrogen-bond donors (Lipinski definition) is 0. The molecule has 0 aliphatic carbocycles. The van der Waals surface area contributed by atoms with Crippen LogP contribution in [0.15, 0.2) is 48.5 Å². The second-order valence-electron chi connectivity index (χ2n) is 7.67. The maximum atomic E-state index is 11.3. The summed E-state index contributed by atoms with van der Waals surface area (Å²) in [7, 11) is 5.82. The zero-order valence-electron chi connectivity index (χ0n) is 23.0. The number of amides is 2. The quantitative estimate of drug-likeness (QED) is 0.423. The summed E-state index contributed by atoms with van der Waals surface area (Å²) in [6, 6.07) is 15.5.